The van der Waals surface area contributed by atoms with Crippen LogP contribution in [0.25, 0.3) is 0 Å². The topological polar surface area (TPSA) is 80.0 Å². The van der Waals surface area contributed by atoms with Gasteiger partial charge in [0, 0.05) is 7.11 Å². The highest BCUT2D eigenvalue weighted by Crippen LogP contribution is 1.81. The Hall–Kier alpha value is -1.37. The Morgan fingerprint density at radius 3 is 1.89 bits per heavy atom. The van der Waals surface area contributed by atoms with Crippen LogP contribution in [0.15, 0.2) is 25.5 Å². The first-order chi connectivity index (χ1) is 8.68. The zero-order valence-electron chi connectivity index (χ0n) is 10.9. The highest BCUT2D eigenvalue weighted by Gasteiger charge is 1.89. The normalized spacial score (nSPS) is 8.94. The third-order valence-corrected chi connectivity index (χ3v) is 1.47. The molecule has 0 aliphatic rings. The van der Waals surface area contributed by atoms with Gasteiger partial charge in [-0.15, -0.1) is 0 Å². The van der Waals surface area contributed by atoms with Crippen molar-refractivity contribution in [3.8, 4) is 0 Å². The van der Waals surface area contributed by atoms with E-state index in [9.17, 15) is 4.79 Å². The SMILES string of the molecule is C=CC(N)=O.C=COCCOCCOCCOC. The van der Waals surface area contributed by atoms with Crippen LogP contribution < -0.4 is 5.73 Å². The number of rotatable bonds is 11. The highest BCUT2D eigenvalue weighted by molar-refractivity contribution is 5.84. The molecule has 0 radical (unpaired) electrons. The second-order valence-electron chi connectivity index (χ2n) is 2.86. The minimum absolute atomic E-state index is 0.481. The molecule has 0 aromatic carbocycles. The molecule has 0 atom stereocenters. The molecule has 0 heterocycles. The third kappa shape index (κ3) is 24.1. The first-order valence-corrected chi connectivity index (χ1v) is 5.47. The number of carbonyl (C=O) groups is 1. The largest absolute Gasteiger partial charge is 0.499 e. The van der Waals surface area contributed by atoms with Crippen LogP contribution in [-0.4, -0.2) is 52.7 Å². The molecule has 0 rings (SSSR count). The lowest BCUT2D eigenvalue weighted by molar-refractivity contribution is -0.113. The smallest absolute Gasteiger partial charge is 0.240 e. The molecule has 0 unspecified atom stereocenters. The Morgan fingerprint density at radius 1 is 1.06 bits per heavy atom. The Labute approximate surface area is 108 Å². The van der Waals surface area contributed by atoms with E-state index in [-0.39, 0.29) is 0 Å². The fourth-order valence-electron chi connectivity index (χ4n) is 0.655. The van der Waals surface area contributed by atoms with E-state index in [0.29, 0.717) is 39.6 Å². The minimum atomic E-state index is -0.481. The van der Waals surface area contributed by atoms with Gasteiger partial charge in [-0.05, 0) is 6.08 Å². The van der Waals surface area contributed by atoms with Crippen LogP contribution in [0, 0.1) is 0 Å². The molecule has 106 valence electrons. The molecule has 0 aromatic rings. The molecule has 0 saturated heterocycles. The molecule has 0 fully saturated rings. The predicted octanol–water partition coefficient (Wildman–Crippen LogP) is 0.484. The zero-order chi connectivity index (χ0) is 14.1. The molecule has 0 saturated carbocycles. The summed E-state index contributed by atoms with van der Waals surface area (Å²) in [7, 11) is 1.65. The van der Waals surface area contributed by atoms with Crippen molar-refractivity contribution in [1.29, 1.82) is 0 Å². The van der Waals surface area contributed by atoms with Crippen molar-refractivity contribution in [3.05, 3.63) is 25.5 Å². The first-order valence-electron chi connectivity index (χ1n) is 5.47. The summed E-state index contributed by atoms with van der Waals surface area (Å²) < 4.78 is 20.0. The molecule has 0 aromatic heterocycles. The maximum atomic E-state index is 9.47. The van der Waals surface area contributed by atoms with Gasteiger partial charge in [0.2, 0.25) is 5.91 Å². The number of ether oxygens (including phenoxy) is 4. The maximum absolute atomic E-state index is 9.47. The maximum Gasteiger partial charge on any atom is 0.240 e. The molecule has 6 nitrogen and oxygen atoms in total. The zero-order valence-corrected chi connectivity index (χ0v) is 10.9. The van der Waals surface area contributed by atoms with E-state index in [4.69, 9.17) is 18.9 Å². The number of nitrogens with two attached hydrogens (primary N) is 1. The fraction of sp³-hybridized carbons (Fsp3) is 0.583. The van der Waals surface area contributed by atoms with E-state index in [1.165, 1.54) is 6.26 Å². The lowest BCUT2D eigenvalue weighted by atomic mass is 10.6. The van der Waals surface area contributed by atoms with Crippen LogP contribution in [-0.2, 0) is 23.7 Å². The Bertz CT molecular complexity index is 209. The van der Waals surface area contributed by atoms with Gasteiger partial charge in [-0.25, -0.2) is 0 Å². The second-order valence-corrected chi connectivity index (χ2v) is 2.86. The van der Waals surface area contributed by atoms with Crippen LogP contribution in [0.1, 0.15) is 0 Å². The molecule has 0 aliphatic carbocycles. The van der Waals surface area contributed by atoms with E-state index in [2.05, 4.69) is 18.9 Å². The number of amides is 1. The van der Waals surface area contributed by atoms with E-state index < -0.39 is 5.91 Å². The first kappa shape index (κ1) is 19.0. The molecule has 0 aliphatic heterocycles. The molecule has 2 N–H and O–H groups in total. The standard InChI is InChI=1S/C9H18O4.C3H5NO/c1-3-11-6-7-13-9-8-12-5-4-10-2;1-2-3(4)5/h3H,1,4-9H2,2H3;2H,1H2,(H2,4,5). The number of hydrogen-bond donors (Lipinski definition) is 1. The van der Waals surface area contributed by atoms with Gasteiger partial charge in [0.15, 0.2) is 0 Å². The van der Waals surface area contributed by atoms with Crippen molar-refractivity contribution in [3.63, 3.8) is 0 Å². The average Bonchev–Trinajstić information content (AvgIpc) is 2.37. The quantitative estimate of drug-likeness (QED) is 0.332. The molecular formula is C12H23NO5. The molecule has 0 spiro atoms. The van der Waals surface area contributed by atoms with Gasteiger partial charge in [-0.1, -0.05) is 13.2 Å². The lowest BCUT2D eigenvalue weighted by Gasteiger charge is -2.04. The fourth-order valence-corrected chi connectivity index (χ4v) is 0.655. The number of hydrogen-bond acceptors (Lipinski definition) is 5. The van der Waals surface area contributed by atoms with Crippen molar-refractivity contribution in [1.82, 2.24) is 0 Å². The summed E-state index contributed by atoms with van der Waals surface area (Å²) in [4.78, 5) is 9.47. The van der Waals surface area contributed by atoms with Crippen LogP contribution in [0.4, 0.5) is 0 Å². The van der Waals surface area contributed by atoms with Crippen molar-refractivity contribution in [2.24, 2.45) is 5.73 Å². The molecule has 18 heavy (non-hydrogen) atoms. The molecular weight excluding hydrogens is 238 g/mol. The molecule has 6 heteroatoms. The summed E-state index contributed by atoms with van der Waals surface area (Å²) in [6.45, 7) is 10.0. The van der Waals surface area contributed by atoms with Gasteiger partial charge in [-0.3, -0.25) is 4.79 Å². The Kier molecular flexibility index (Phi) is 19.0. The molecule has 1 amide bonds. The molecule has 0 bridgehead atoms. The highest BCUT2D eigenvalue weighted by atomic mass is 16.5. The van der Waals surface area contributed by atoms with Gasteiger partial charge in [0.05, 0.1) is 39.3 Å². The number of carbonyl (C=O) groups excluding carboxylic acids is 1. The summed E-state index contributed by atoms with van der Waals surface area (Å²) >= 11 is 0. The van der Waals surface area contributed by atoms with Crippen LogP contribution >= 0.6 is 0 Å². The van der Waals surface area contributed by atoms with E-state index in [1.807, 2.05) is 0 Å². The summed E-state index contributed by atoms with van der Waals surface area (Å²) in [5, 5.41) is 0. The third-order valence-electron chi connectivity index (χ3n) is 1.47. The van der Waals surface area contributed by atoms with Crippen LogP contribution in [0.3, 0.4) is 0 Å². The van der Waals surface area contributed by atoms with Crippen LogP contribution in [0.2, 0.25) is 0 Å². The average molecular weight is 261 g/mol. The van der Waals surface area contributed by atoms with Gasteiger partial charge < -0.3 is 24.7 Å². The van der Waals surface area contributed by atoms with Gasteiger partial charge >= 0.3 is 0 Å². The number of methoxy groups -OCH3 is 1. The monoisotopic (exact) mass is 261 g/mol. The van der Waals surface area contributed by atoms with Crippen molar-refractivity contribution < 1.29 is 23.7 Å². The van der Waals surface area contributed by atoms with Gasteiger partial charge in [-0.2, -0.15) is 0 Å². The summed E-state index contributed by atoms with van der Waals surface area (Å²) in [5.41, 5.74) is 4.53. The Balaban J connectivity index is 0. The van der Waals surface area contributed by atoms with Crippen LogP contribution in [0.5, 0.6) is 0 Å². The summed E-state index contributed by atoms with van der Waals surface area (Å²) in [6.07, 6.45) is 2.46. The van der Waals surface area contributed by atoms with Crippen molar-refractivity contribution in [2.45, 2.75) is 0 Å². The predicted molar refractivity (Wildman–Crippen MR) is 69.1 cm³/mol. The van der Waals surface area contributed by atoms with Gasteiger partial charge in [0.1, 0.15) is 6.61 Å². The summed E-state index contributed by atoms with van der Waals surface area (Å²) in [5.74, 6) is -0.481. The van der Waals surface area contributed by atoms with E-state index >= 15 is 0 Å². The lowest BCUT2D eigenvalue weighted by Crippen LogP contribution is -2.10. The van der Waals surface area contributed by atoms with E-state index in [0.717, 1.165) is 6.08 Å². The van der Waals surface area contributed by atoms with Crippen molar-refractivity contribution in [2.75, 3.05) is 46.8 Å². The Morgan fingerprint density at radius 2 is 1.50 bits per heavy atom. The van der Waals surface area contributed by atoms with E-state index in [1.54, 1.807) is 7.11 Å². The van der Waals surface area contributed by atoms with Gasteiger partial charge in [0.25, 0.3) is 0 Å². The second kappa shape index (κ2) is 18.0. The van der Waals surface area contributed by atoms with Crippen molar-refractivity contribution >= 4 is 5.91 Å². The number of primary amides is 1. The summed E-state index contributed by atoms with van der Waals surface area (Å²) in [6, 6.07) is 0. The minimum Gasteiger partial charge on any atom is -0.499 e.